The first-order chi connectivity index (χ1) is 9.15. The lowest BCUT2D eigenvalue weighted by Gasteiger charge is -2.32. The molecule has 0 amide bonds. The smallest absolute Gasteiger partial charge is 0.147 e. The number of hydrogen-bond acceptors (Lipinski definition) is 3. The molecule has 1 aliphatic rings. The average Bonchev–Trinajstić information content (AvgIpc) is 2.60. The van der Waals surface area contributed by atoms with E-state index in [1.54, 1.807) is 12.1 Å². The number of halogens is 1. The van der Waals surface area contributed by atoms with Gasteiger partial charge in [0.15, 0.2) is 0 Å². The van der Waals surface area contributed by atoms with Gasteiger partial charge < -0.3 is 9.80 Å². The van der Waals surface area contributed by atoms with Crippen LogP contribution in [0, 0.1) is 17.1 Å². The van der Waals surface area contributed by atoms with E-state index in [0.29, 0.717) is 17.3 Å². The van der Waals surface area contributed by atoms with E-state index < -0.39 is 0 Å². The van der Waals surface area contributed by atoms with E-state index >= 15 is 0 Å². The number of hydrogen-bond donors (Lipinski definition) is 0. The molecule has 3 nitrogen and oxygen atoms in total. The number of anilines is 1. The van der Waals surface area contributed by atoms with Crippen LogP contribution in [0.25, 0.3) is 0 Å². The number of likely N-dealkylation sites (N-methyl/N-ethyl adjacent to an activating group) is 1. The number of rotatable bonds is 2. The van der Waals surface area contributed by atoms with Crippen molar-refractivity contribution in [3.8, 4) is 6.07 Å². The fraction of sp³-hybridized carbons (Fsp3) is 0.533. The van der Waals surface area contributed by atoms with Gasteiger partial charge >= 0.3 is 0 Å². The zero-order valence-corrected chi connectivity index (χ0v) is 11.6. The minimum absolute atomic E-state index is 0.290. The van der Waals surface area contributed by atoms with Gasteiger partial charge in [-0.3, -0.25) is 0 Å². The summed E-state index contributed by atoms with van der Waals surface area (Å²) >= 11 is 0. The van der Waals surface area contributed by atoms with Crippen LogP contribution in [-0.2, 0) is 0 Å². The monoisotopic (exact) mass is 261 g/mol. The second-order valence-corrected chi connectivity index (χ2v) is 5.15. The maximum Gasteiger partial charge on any atom is 0.147 e. The van der Waals surface area contributed by atoms with Gasteiger partial charge in [0.1, 0.15) is 5.82 Å². The van der Waals surface area contributed by atoms with Gasteiger partial charge in [0.25, 0.3) is 0 Å². The van der Waals surface area contributed by atoms with Crippen LogP contribution < -0.4 is 4.90 Å². The molecule has 1 unspecified atom stereocenters. The van der Waals surface area contributed by atoms with Crippen molar-refractivity contribution in [3.63, 3.8) is 0 Å². The summed E-state index contributed by atoms with van der Waals surface area (Å²) in [7, 11) is 2.11. The van der Waals surface area contributed by atoms with Gasteiger partial charge in [-0.2, -0.15) is 5.26 Å². The molecule has 1 aromatic carbocycles. The van der Waals surface area contributed by atoms with Gasteiger partial charge in [-0.15, -0.1) is 0 Å². The molecule has 2 rings (SSSR count). The van der Waals surface area contributed by atoms with Gasteiger partial charge in [0, 0.05) is 19.1 Å². The molecule has 4 heteroatoms. The number of nitriles is 1. The Bertz CT molecular complexity index is 481. The SMILES string of the molecule is CCC1CN(C)CCCN1c1ccc(C#N)cc1F. The zero-order valence-electron chi connectivity index (χ0n) is 11.6. The molecular weight excluding hydrogens is 241 g/mol. The van der Waals surface area contributed by atoms with Crippen LogP contribution in [0.5, 0.6) is 0 Å². The van der Waals surface area contributed by atoms with Crippen LogP contribution in [0.1, 0.15) is 25.3 Å². The lowest BCUT2D eigenvalue weighted by atomic mass is 10.1. The van der Waals surface area contributed by atoms with Crippen molar-refractivity contribution in [2.45, 2.75) is 25.8 Å². The second-order valence-electron chi connectivity index (χ2n) is 5.15. The fourth-order valence-electron chi connectivity index (χ4n) is 2.72. The van der Waals surface area contributed by atoms with Crippen molar-refractivity contribution in [1.82, 2.24) is 4.90 Å². The lowest BCUT2D eigenvalue weighted by molar-refractivity contribution is 0.327. The molecule has 19 heavy (non-hydrogen) atoms. The van der Waals surface area contributed by atoms with Crippen LogP contribution >= 0.6 is 0 Å². The standard InChI is InChI=1S/C15H20FN3/c1-3-13-11-18(2)7-4-8-19(13)15-6-5-12(10-17)9-14(15)16/h5-6,9,13H,3-4,7-8,11H2,1-2H3. The highest BCUT2D eigenvalue weighted by atomic mass is 19.1. The van der Waals surface area contributed by atoms with Gasteiger partial charge in [0.2, 0.25) is 0 Å². The van der Waals surface area contributed by atoms with Crippen LogP contribution in [0.3, 0.4) is 0 Å². The van der Waals surface area contributed by atoms with E-state index in [1.165, 1.54) is 6.07 Å². The zero-order chi connectivity index (χ0) is 13.8. The van der Waals surface area contributed by atoms with E-state index in [0.717, 1.165) is 32.5 Å². The topological polar surface area (TPSA) is 30.3 Å². The largest absolute Gasteiger partial charge is 0.365 e. The number of nitrogens with zero attached hydrogens (tertiary/aromatic N) is 3. The van der Waals surface area contributed by atoms with Gasteiger partial charge in [-0.25, -0.2) is 4.39 Å². The predicted octanol–water partition coefficient (Wildman–Crippen LogP) is 2.62. The Hall–Kier alpha value is -1.60. The molecule has 0 N–H and O–H groups in total. The molecule has 0 spiro atoms. The molecule has 0 aliphatic carbocycles. The van der Waals surface area contributed by atoms with Crippen molar-refractivity contribution in [3.05, 3.63) is 29.6 Å². The van der Waals surface area contributed by atoms with Crippen LogP contribution in [0.4, 0.5) is 10.1 Å². The molecule has 1 saturated heterocycles. The molecule has 0 saturated carbocycles. The molecule has 1 aliphatic heterocycles. The molecule has 0 radical (unpaired) electrons. The van der Waals surface area contributed by atoms with Crippen molar-refractivity contribution in [2.75, 3.05) is 31.6 Å². The molecule has 102 valence electrons. The van der Waals surface area contributed by atoms with Gasteiger partial charge in [-0.1, -0.05) is 6.92 Å². The highest BCUT2D eigenvalue weighted by molar-refractivity contribution is 5.52. The molecule has 0 bridgehead atoms. The Morgan fingerprint density at radius 1 is 1.42 bits per heavy atom. The quantitative estimate of drug-likeness (QED) is 0.820. The van der Waals surface area contributed by atoms with Crippen molar-refractivity contribution in [2.24, 2.45) is 0 Å². The second kappa shape index (κ2) is 6.03. The fourth-order valence-corrected chi connectivity index (χ4v) is 2.72. The molecular formula is C15H20FN3. The van der Waals surface area contributed by atoms with E-state index in [-0.39, 0.29) is 5.82 Å². The summed E-state index contributed by atoms with van der Waals surface area (Å²) in [6.45, 7) is 5.00. The third-order valence-electron chi connectivity index (χ3n) is 3.76. The summed E-state index contributed by atoms with van der Waals surface area (Å²) in [4.78, 5) is 4.45. The Morgan fingerprint density at radius 3 is 2.84 bits per heavy atom. The minimum atomic E-state index is -0.290. The maximum absolute atomic E-state index is 14.2. The number of benzene rings is 1. The molecule has 1 fully saturated rings. The lowest BCUT2D eigenvalue weighted by Crippen LogP contribution is -2.40. The van der Waals surface area contributed by atoms with Gasteiger partial charge in [0.05, 0.1) is 17.3 Å². The summed E-state index contributed by atoms with van der Waals surface area (Å²) in [5.74, 6) is -0.290. The normalized spacial score (nSPS) is 20.9. The molecule has 0 aromatic heterocycles. The Balaban J connectivity index is 2.30. The van der Waals surface area contributed by atoms with Gasteiger partial charge in [-0.05, 0) is 44.6 Å². The Morgan fingerprint density at radius 2 is 2.21 bits per heavy atom. The van der Waals surface area contributed by atoms with Crippen molar-refractivity contribution < 1.29 is 4.39 Å². The summed E-state index contributed by atoms with van der Waals surface area (Å²) in [6.07, 6.45) is 2.02. The van der Waals surface area contributed by atoms with E-state index in [4.69, 9.17) is 5.26 Å². The van der Waals surface area contributed by atoms with Crippen molar-refractivity contribution in [1.29, 1.82) is 5.26 Å². The first-order valence-corrected chi connectivity index (χ1v) is 6.80. The predicted molar refractivity (Wildman–Crippen MR) is 74.7 cm³/mol. The third-order valence-corrected chi connectivity index (χ3v) is 3.76. The van der Waals surface area contributed by atoms with Crippen LogP contribution in [0.2, 0.25) is 0 Å². The average molecular weight is 261 g/mol. The minimum Gasteiger partial charge on any atom is -0.365 e. The first kappa shape index (κ1) is 13.8. The molecule has 1 atom stereocenters. The summed E-state index contributed by atoms with van der Waals surface area (Å²) < 4.78 is 14.2. The molecule has 1 aromatic rings. The van der Waals surface area contributed by atoms with Crippen LogP contribution in [0.15, 0.2) is 18.2 Å². The third kappa shape index (κ3) is 3.05. The summed E-state index contributed by atoms with van der Waals surface area (Å²) in [5, 5.41) is 8.80. The first-order valence-electron chi connectivity index (χ1n) is 6.80. The van der Waals surface area contributed by atoms with E-state index in [2.05, 4.69) is 23.8 Å². The molecule has 1 heterocycles. The Labute approximate surface area is 114 Å². The van der Waals surface area contributed by atoms with Crippen LogP contribution in [-0.4, -0.2) is 37.6 Å². The summed E-state index contributed by atoms with van der Waals surface area (Å²) in [5.41, 5.74) is 1.00. The highest BCUT2D eigenvalue weighted by Gasteiger charge is 2.24. The van der Waals surface area contributed by atoms with E-state index in [1.807, 2.05) is 6.07 Å². The Kier molecular flexibility index (Phi) is 4.39. The summed E-state index contributed by atoms with van der Waals surface area (Å²) in [6, 6.07) is 7.07. The van der Waals surface area contributed by atoms with E-state index in [9.17, 15) is 4.39 Å². The maximum atomic E-state index is 14.2. The van der Waals surface area contributed by atoms with Crippen molar-refractivity contribution >= 4 is 5.69 Å². The highest BCUT2D eigenvalue weighted by Crippen LogP contribution is 2.25.